The SMILES string of the molecule is CCCC(C)c1c[n+](-c2ccc3n2[B]N2C(=NCc4ccccc4C)C=CC2=C3c2ccc(N)cc2)[nH]n1. The number of nitrogens with two attached hydrogens (primary N) is 1. The Morgan fingerprint density at radius 3 is 2.68 bits per heavy atom. The number of anilines is 1. The third-order valence-electron chi connectivity index (χ3n) is 7.43. The second kappa shape index (κ2) is 9.86. The van der Waals surface area contributed by atoms with Crippen molar-refractivity contribution >= 4 is 24.6 Å². The number of aryl methyl sites for hydroxylation is 1. The molecule has 1 unspecified atom stereocenters. The maximum atomic E-state index is 6.03. The zero-order chi connectivity index (χ0) is 26.2. The number of fused-ring (bicyclic) bond motifs is 2. The highest BCUT2D eigenvalue weighted by atomic mass is 15.5. The van der Waals surface area contributed by atoms with Gasteiger partial charge in [0.25, 0.3) is 0 Å². The molecule has 1 radical (unpaired) electrons. The Morgan fingerprint density at radius 1 is 1.08 bits per heavy atom. The lowest BCUT2D eigenvalue weighted by molar-refractivity contribution is -0.663. The van der Waals surface area contributed by atoms with Crippen LogP contribution in [0, 0.1) is 6.92 Å². The van der Waals surface area contributed by atoms with E-state index < -0.39 is 0 Å². The van der Waals surface area contributed by atoms with E-state index in [0.29, 0.717) is 12.5 Å². The number of nitrogens with zero attached hydrogens (tertiary/aromatic N) is 5. The molecule has 2 aromatic carbocycles. The van der Waals surface area contributed by atoms with Crippen molar-refractivity contribution < 1.29 is 4.68 Å². The highest BCUT2D eigenvalue weighted by Crippen LogP contribution is 2.37. The molecular formula is C30H32BN7+. The summed E-state index contributed by atoms with van der Waals surface area (Å²) in [5, 5.41) is 7.83. The van der Waals surface area contributed by atoms with Crippen molar-refractivity contribution in [2.24, 2.45) is 4.99 Å². The lowest BCUT2D eigenvalue weighted by Crippen LogP contribution is -2.43. The summed E-state index contributed by atoms with van der Waals surface area (Å²) < 4.78 is 4.21. The molecule has 189 valence electrons. The molecule has 2 aliphatic rings. The summed E-state index contributed by atoms with van der Waals surface area (Å²) in [6, 6.07) is 20.8. The van der Waals surface area contributed by atoms with Gasteiger partial charge in [-0.15, -0.1) is 9.90 Å². The van der Waals surface area contributed by atoms with Crippen molar-refractivity contribution in [3.8, 4) is 5.82 Å². The molecule has 0 amide bonds. The average molecular weight is 501 g/mol. The summed E-state index contributed by atoms with van der Waals surface area (Å²) in [6.45, 7) is 7.19. The van der Waals surface area contributed by atoms with Crippen molar-refractivity contribution in [2.75, 3.05) is 5.73 Å². The Balaban J connectivity index is 1.42. The van der Waals surface area contributed by atoms with Gasteiger partial charge < -0.3 is 10.5 Å². The maximum absolute atomic E-state index is 6.03. The minimum Gasteiger partial charge on any atom is -0.399 e. The Hall–Kier alpha value is -4.33. The summed E-state index contributed by atoms with van der Waals surface area (Å²) in [4.78, 5) is 7.20. The molecule has 0 bridgehead atoms. The molecule has 8 heteroatoms. The van der Waals surface area contributed by atoms with Gasteiger partial charge in [0.15, 0.2) is 5.69 Å². The van der Waals surface area contributed by atoms with Crippen molar-refractivity contribution in [1.82, 2.24) is 19.6 Å². The highest BCUT2D eigenvalue weighted by molar-refractivity contribution is 6.41. The van der Waals surface area contributed by atoms with Gasteiger partial charge in [-0.25, -0.2) is 0 Å². The number of nitrogen functional groups attached to an aromatic ring is 1. The van der Waals surface area contributed by atoms with Crippen LogP contribution in [0.2, 0.25) is 0 Å². The molecule has 2 aliphatic heterocycles. The number of nitrogens with one attached hydrogen (secondary N) is 1. The summed E-state index contributed by atoms with van der Waals surface area (Å²) >= 11 is 0. The van der Waals surface area contributed by atoms with Gasteiger partial charge in [-0.05, 0) is 65.5 Å². The van der Waals surface area contributed by atoms with Gasteiger partial charge in [-0.1, -0.05) is 56.7 Å². The number of aromatic amines is 1. The van der Waals surface area contributed by atoms with Gasteiger partial charge in [0, 0.05) is 28.9 Å². The molecule has 4 heterocycles. The number of aromatic nitrogens is 4. The first kappa shape index (κ1) is 24.0. The van der Waals surface area contributed by atoms with Crippen LogP contribution in [-0.2, 0) is 6.54 Å². The first-order valence-electron chi connectivity index (χ1n) is 13.2. The first-order valence-corrected chi connectivity index (χ1v) is 13.2. The molecule has 38 heavy (non-hydrogen) atoms. The van der Waals surface area contributed by atoms with Gasteiger partial charge in [0.1, 0.15) is 12.0 Å². The normalized spacial score (nSPS) is 16.1. The minimum absolute atomic E-state index is 0.400. The topological polar surface area (TPSA) is 79.1 Å². The Bertz CT molecular complexity index is 1570. The molecule has 3 N–H and O–H groups in total. The van der Waals surface area contributed by atoms with Crippen molar-refractivity contribution in [2.45, 2.75) is 46.1 Å². The van der Waals surface area contributed by atoms with Crippen LogP contribution in [0.4, 0.5) is 5.69 Å². The molecule has 2 aromatic heterocycles. The van der Waals surface area contributed by atoms with Crippen molar-refractivity contribution in [3.05, 3.63) is 113 Å². The molecule has 4 aromatic rings. The van der Waals surface area contributed by atoms with E-state index in [1.54, 1.807) is 0 Å². The maximum Gasteiger partial charge on any atom is 0.503 e. The molecule has 1 atom stereocenters. The van der Waals surface area contributed by atoms with Crippen molar-refractivity contribution in [1.29, 1.82) is 0 Å². The fraction of sp³-hybridized carbons (Fsp3) is 0.233. The number of hydrogen-bond donors (Lipinski definition) is 2. The monoisotopic (exact) mass is 501 g/mol. The number of benzene rings is 2. The second-order valence-corrected chi connectivity index (χ2v) is 10.1. The summed E-state index contributed by atoms with van der Waals surface area (Å²) in [5.74, 6) is 2.30. The molecular weight excluding hydrogens is 469 g/mol. The van der Waals surface area contributed by atoms with Crippen LogP contribution < -0.4 is 10.4 Å². The van der Waals surface area contributed by atoms with E-state index in [0.717, 1.165) is 58.4 Å². The van der Waals surface area contributed by atoms with Gasteiger partial charge in [0.05, 0.1) is 12.2 Å². The Morgan fingerprint density at radius 2 is 1.89 bits per heavy atom. The van der Waals surface area contributed by atoms with Gasteiger partial charge in [0.2, 0.25) is 5.82 Å². The molecule has 0 saturated heterocycles. The van der Waals surface area contributed by atoms with Crippen LogP contribution in [0.3, 0.4) is 0 Å². The van der Waals surface area contributed by atoms with Crippen LogP contribution >= 0.6 is 0 Å². The van der Waals surface area contributed by atoms with E-state index in [4.69, 9.17) is 10.7 Å². The molecule has 0 saturated carbocycles. The quantitative estimate of drug-likeness (QED) is 0.215. The molecule has 6 rings (SSSR count). The number of hydrogen-bond acceptors (Lipinski definition) is 3. The lowest BCUT2D eigenvalue weighted by Gasteiger charge is -2.28. The number of allylic oxidation sites excluding steroid dienone is 1. The molecule has 0 spiro atoms. The number of H-pyrrole nitrogens is 1. The zero-order valence-corrected chi connectivity index (χ0v) is 22.1. The smallest absolute Gasteiger partial charge is 0.399 e. The van der Waals surface area contributed by atoms with Crippen LogP contribution in [0.15, 0.2) is 89.7 Å². The molecule has 7 nitrogen and oxygen atoms in total. The number of rotatable bonds is 7. The van der Waals surface area contributed by atoms with Crippen LogP contribution in [0.1, 0.15) is 60.7 Å². The van der Waals surface area contributed by atoms with Crippen LogP contribution in [-0.4, -0.2) is 33.0 Å². The summed E-state index contributed by atoms with van der Waals surface area (Å²) in [5.41, 5.74) is 14.8. The van der Waals surface area contributed by atoms with Crippen LogP contribution in [0.25, 0.3) is 11.4 Å². The minimum atomic E-state index is 0.400. The van der Waals surface area contributed by atoms with E-state index in [-0.39, 0.29) is 0 Å². The average Bonchev–Trinajstić information content (AvgIpc) is 3.66. The summed E-state index contributed by atoms with van der Waals surface area (Å²) in [6.07, 6.45) is 8.60. The first-order chi connectivity index (χ1) is 18.5. The highest BCUT2D eigenvalue weighted by Gasteiger charge is 2.36. The third kappa shape index (κ3) is 4.26. The van der Waals surface area contributed by atoms with E-state index in [2.05, 4.69) is 115 Å². The molecule has 0 aliphatic carbocycles. The third-order valence-corrected chi connectivity index (χ3v) is 7.43. The van der Waals surface area contributed by atoms with E-state index in [1.807, 2.05) is 16.8 Å². The lowest BCUT2D eigenvalue weighted by atomic mass is 9.92. The van der Waals surface area contributed by atoms with Gasteiger partial charge >= 0.3 is 7.55 Å². The van der Waals surface area contributed by atoms with E-state index in [9.17, 15) is 0 Å². The molecule has 0 fully saturated rings. The predicted octanol–water partition coefficient (Wildman–Crippen LogP) is 4.91. The Kier molecular flexibility index (Phi) is 6.23. The Labute approximate surface area is 224 Å². The van der Waals surface area contributed by atoms with Crippen molar-refractivity contribution in [3.63, 3.8) is 0 Å². The fourth-order valence-electron chi connectivity index (χ4n) is 5.23. The van der Waals surface area contributed by atoms with Gasteiger partial charge in [-0.3, -0.25) is 9.47 Å². The number of amidine groups is 1. The second-order valence-electron chi connectivity index (χ2n) is 10.1. The summed E-state index contributed by atoms with van der Waals surface area (Å²) in [7, 11) is 2.13. The number of aliphatic imine (C=N–C) groups is 1. The zero-order valence-electron chi connectivity index (χ0n) is 22.1. The largest absolute Gasteiger partial charge is 0.503 e. The fourth-order valence-corrected chi connectivity index (χ4v) is 5.23. The predicted molar refractivity (Wildman–Crippen MR) is 153 cm³/mol. The standard InChI is InChI=1S/C30H31BN7/c1-4-7-21(3)25-19-36(35-34-25)29-17-15-27-30(22-10-12-24(32)13-11-22)26-14-16-28(37(26)31-38(27)29)33-18-23-9-6-5-8-20(23)2/h5-6,8-17,19,21H,4,7,18H2,1-3H3,(H2,32,33)/p+1. The van der Waals surface area contributed by atoms with E-state index >= 15 is 0 Å². The van der Waals surface area contributed by atoms with E-state index in [1.165, 1.54) is 11.1 Å². The van der Waals surface area contributed by atoms with Gasteiger partial charge in [-0.2, -0.15) is 0 Å². The van der Waals surface area contributed by atoms with Crippen LogP contribution in [0.5, 0.6) is 0 Å².